The number of hydrogen-bond donors (Lipinski definition) is 1. The third kappa shape index (κ3) is 1.98. The van der Waals surface area contributed by atoms with Crippen molar-refractivity contribution in [3.63, 3.8) is 0 Å². The van der Waals surface area contributed by atoms with Crippen LogP contribution in [0.1, 0.15) is 5.69 Å². The predicted octanol–water partition coefficient (Wildman–Crippen LogP) is 2.39. The highest BCUT2D eigenvalue weighted by Gasteiger charge is 2.04. The molecule has 4 heteroatoms. The summed E-state index contributed by atoms with van der Waals surface area (Å²) in [4.78, 5) is 8.76. The van der Waals surface area contributed by atoms with Crippen molar-refractivity contribution in [3.05, 3.63) is 48.6 Å². The maximum atomic E-state index is 5.53. The number of nitrogens with zero attached hydrogens (tertiary/aromatic N) is 2. The van der Waals surface area contributed by atoms with Crippen LogP contribution < -0.4 is 5.73 Å². The van der Waals surface area contributed by atoms with Crippen molar-refractivity contribution in [1.82, 2.24) is 9.97 Å². The summed E-state index contributed by atoms with van der Waals surface area (Å²) >= 11 is 0. The predicted molar refractivity (Wildman–Crippen MR) is 70.0 cm³/mol. The fourth-order valence-electron chi connectivity index (χ4n) is 1.94. The van der Waals surface area contributed by atoms with E-state index in [1.807, 2.05) is 18.2 Å². The molecule has 18 heavy (non-hydrogen) atoms. The second kappa shape index (κ2) is 4.58. The maximum Gasteiger partial charge on any atom is 0.133 e. The first-order valence-electron chi connectivity index (χ1n) is 5.85. The maximum absolute atomic E-state index is 5.53. The van der Waals surface area contributed by atoms with Crippen LogP contribution in [-0.4, -0.2) is 16.5 Å². The second-order valence-electron chi connectivity index (χ2n) is 4.11. The SMILES string of the molecule is NCCc1cncc(-c2ccc3occc3c2)n1. The fourth-order valence-corrected chi connectivity index (χ4v) is 1.94. The van der Waals surface area contributed by atoms with E-state index in [2.05, 4.69) is 16.0 Å². The van der Waals surface area contributed by atoms with Crippen LogP contribution in [-0.2, 0) is 6.42 Å². The summed E-state index contributed by atoms with van der Waals surface area (Å²) in [7, 11) is 0. The summed E-state index contributed by atoms with van der Waals surface area (Å²) in [5.41, 5.74) is 9.23. The van der Waals surface area contributed by atoms with Crippen LogP contribution in [0.4, 0.5) is 0 Å². The van der Waals surface area contributed by atoms with Gasteiger partial charge in [0.25, 0.3) is 0 Å². The number of hydrogen-bond acceptors (Lipinski definition) is 4. The van der Waals surface area contributed by atoms with Gasteiger partial charge in [-0.3, -0.25) is 4.98 Å². The van der Waals surface area contributed by atoms with Crippen molar-refractivity contribution in [1.29, 1.82) is 0 Å². The molecule has 0 radical (unpaired) electrons. The van der Waals surface area contributed by atoms with Crippen molar-refractivity contribution in [2.75, 3.05) is 6.54 Å². The summed E-state index contributed by atoms with van der Waals surface area (Å²) in [5.74, 6) is 0. The van der Waals surface area contributed by atoms with E-state index < -0.39 is 0 Å². The van der Waals surface area contributed by atoms with Crippen LogP contribution >= 0.6 is 0 Å². The normalized spacial score (nSPS) is 10.9. The number of furan rings is 1. The Morgan fingerprint density at radius 3 is 3.00 bits per heavy atom. The van der Waals surface area contributed by atoms with Crippen LogP contribution in [0.5, 0.6) is 0 Å². The van der Waals surface area contributed by atoms with Gasteiger partial charge < -0.3 is 10.2 Å². The van der Waals surface area contributed by atoms with Gasteiger partial charge in [-0.15, -0.1) is 0 Å². The summed E-state index contributed by atoms with van der Waals surface area (Å²) < 4.78 is 5.32. The lowest BCUT2D eigenvalue weighted by Crippen LogP contribution is -2.05. The van der Waals surface area contributed by atoms with E-state index in [0.717, 1.165) is 34.3 Å². The van der Waals surface area contributed by atoms with Crippen LogP contribution in [0, 0.1) is 0 Å². The van der Waals surface area contributed by atoms with E-state index in [0.29, 0.717) is 6.54 Å². The summed E-state index contributed by atoms with van der Waals surface area (Å²) in [6, 6.07) is 7.93. The Morgan fingerprint density at radius 1 is 1.17 bits per heavy atom. The molecule has 0 saturated heterocycles. The van der Waals surface area contributed by atoms with Crippen molar-refractivity contribution >= 4 is 11.0 Å². The lowest BCUT2D eigenvalue weighted by atomic mass is 10.1. The highest BCUT2D eigenvalue weighted by Crippen LogP contribution is 2.23. The van der Waals surface area contributed by atoms with E-state index in [9.17, 15) is 0 Å². The molecule has 0 saturated carbocycles. The van der Waals surface area contributed by atoms with Crippen LogP contribution in [0.25, 0.3) is 22.2 Å². The van der Waals surface area contributed by atoms with Gasteiger partial charge in [0, 0.05) is 23.6 Å². The lowest BCUT2D eigenvalue weighted by Gasteiger charge is -2.03. The van der Waals surface area contributed by atoms with E-state index in [-0.39, 0.29) is 0 Å². The van der Waals surface area contributed by atoms with Gasteiger partial charge in [-0.05, 0) is 30.8 Å². The number of rotatable bonds is 3. The molecule has 0 amide bonds. The molecular weight excluding hydrogens is 226 g/mol. The minimum atomic E-state index is 0.582. The van der Waals surface area contributed by atoms with Crippen LogP contribution in [0.3, 0.4) is 0 Å². The third-order valence-electron chi connectivity index (χ3n) is 2.83. The van der Waals surface area contributed by atoms with E-state index in [1.54, 1.807) is 18.7 Å². The number of benzene rings is 1. The molecule has 0 bridgehead atoms. The third-order valence-corrected chi connectivity index (χ3v) is 2.83. The molecule has 0 aliphatic rings. The number of fused-ring (bicyclic) bond motifs is 1. The molecule has 2 heterocycles. The molecule has 0 spiro atoms. The first kappa shape index (κ1) is 10.9. The van der Waals surface area contributed by atoms with Gasteiger partial charge in [-0.2, -0.15) is 0 Å². The highest BCUT2D eigenvalue weighted by molar-refractivity contribution is 5.82. The summed E-state index contributed by atoms with van der Waals surface area (Å²) in [5, 5.41) is 1.07. The topological polar surface area (TPSA) is 64.9 Å². The van der Waals surface area contributed by atoms with Crippen molar-refractivity contribution in [3.8, 4) is 11.3 Å². The summed E-state index contributed by atoms with van der Waals surface area (Å²) in [6.07, 6.45) is 5.95. The van der Waals surface area contributed by atoms with Gasteiger partial charge in [0.2, 0.25) is 0 Å². The van der Waals surface area contributed by atoms with E-state index >= 15 is 0 Å². The first-order chi connectivity index (χ1) is 8.86. The number of nitrogens with two attached hydrogens (primary N) is 1. The van der Waals surface area contributed by atoms with Crippen molar-refractivity contribution in [2.24, 2.45) is 5.73 Å². The Hall–Kier alpha value is -2.20. The van der Waals surface area contributed by atoms with Crippen LogP contribution in [0.15, 0.2) is 47.3 Å². The van der Waals surface area contributed by atoms with Crippen molar-refractivity contribution in [2.45, 2.75) is 6.42 Å². The Kier molecular flexibility index (Phi) is 2.78. The van der Waals surface area contributed by atoms with Gasteiger partial charge in [-0.1, -0.05) is 0 Å². The molecule has 3 aromatic rings. The zero-order valence-corrected chi connectivity index (χ0v) is 9.84. The van der Waals surface area contributed by atoms with Gasteiger partial charge in [0.15, 0.2) is 0 Å². The average Bonchev–Trinajstić information content (AvgIpc) is 2.86. The Morgan fingerprint density at radius 2 is 2.11 bits per heavy atom. The highest BCUT2D eigenvalue weighted by atomic mass is 16.3. The number of aromatic nitrogens is 2. The molecule has 90 valence electrons. The van der Waals surface area contributed by atoms with Crippen LogP contribution in [0.2, 0.25) is 0 Å². The molecule has 0 fully saturated rings. The fraction of sp³-hybridized carbons (Fsp3) is 0.143. The molecular formula is C14H13N3O. The molecule has 3 rings (SSSR count). The molecule has 2 aromatic heterocycles. The van der Waals surface area contributed by atoms with Gasteiger partial charge in [0.05, 0.1) is 23.8 Å². The minimum Gasteiger partial charge on any atom is -0.464 e. The Bertz CT molecular complexity index is 675. The lowest BCUT2D eigenvalue weighted by molar-refractivity contribution is 0.616. The Labute approximate surface area is 104 Å². The second-order valence-corrected chi connectivity index (χ2v) is 4.11. The smallest absolute Gasteiger partial charge is 0.133 e. The zero-order valence-electron chi connectivity index (χ0n) is 9.84. The monoisotopic (exact) mass is 239 g/mol. The van der Waals surface area contributed by atoms with Gasteiger partial charge in [-0.25, -0.2) is 4.98 Å². The first-order valence-corrected chi connectivity index (χ1v) is 5.85. The van der Waals surface area contributed by atoms with E-state index in [1.165, 1.54) is 0 Å². The quantitative estimate of drug-likeness (QED) is 0.762. The standard InChI is InChI=1S/C14H13N3O/c15-5-3-12-8-16-9-13(17-12)10-1-2-14-11(7-10)4-6-18-14/h1-2,4,6-9H,3,5,15H2. The van der Waals surface area contributed by atoms with Gasteiger partial charge >= 0.3 is 0 Å². The molecule has 0 aliphatic heterocycles. The largest absolute Gasteiger partial charge is 0.464 e. The molecule has 0 atom stereocenters. The molecule has 0 aliphatic carbocycles. The molecule has 4 nitrogen and oxygen atoms in total. The average molecular weight is 239 g/mol. The zero-order chi connectivity index (χ0) is 12.4. The molecule has 0 unspecified atom stereocenters. The van der Waals surface area contributed by atoms with E-state index in [4.69, 9.17) is 10.2 Å². The summed E-state index contributed by atoms with van der Waals surface area (Å²) in [6.45, 7) is 0.582. The molecule has 1 aromatic carbocycles. The molecule has 2 N–H and O–H groups in total. The minimum absolute atomic E-state index is 0.582. The van der Waals surface area contributed by atoms with Gasteiger partial charge in [0.1, 0.15) is 5.58 Å². The Balaban J connectivity index is 2.04. The van der Waals surface area contributed by atoms with Crippen molar-refractivity contribution < 1.29 is 4.42 Å².